The molecule has 0 fully saturated rings. The normalized spacial score (nSPS) is 10.8. The number of hydrogen-bond acceptors (Lipinski definition) is 7. The van der Waals surface area contributed by atoms with E-state index >= 15 is 0 Å². The Hall–Kier alpha value is -2.10. The number of aromatic nitrogens is 4. The number of amides is 1. The lowest BCUT2D eigenvalue weighted by Crippen LogP contribution is -2.15. The van der Waals surface area contributed by atoms with Crippen LogP contribution in [-0.4, -0.2) is 33.0 Å². The van der Waals surface area contributed by atoms with Crippen molar-refractivity contribution in [1.29, 1.82) is 0 Å². The number of nitrogens with one attached hydrogen (secondary N) is 1. The first-order valence-corrected chi connectivity index (χ1v) is 8.07. The number of nitrogens with zero attached hydrogens (tertiary/aromatic N) is 4. The highest BCUT2D eigenvalue weighted by Crippen LogP contribution is 2.24. The molecule has 3 heterocycles. The summed E-state index contributed by atoms with van der Waals surface area (Å²) in [6.45, 7) is 0.377. The van der Waals surface area contributed by atoms with Crippen LogP contribution in [0.25, 0.3) is 10.6 Å². The van der Waals surface area contributed by atoms with Gasteiger partial charge in [-0.15, -0.1) is 21.5 Å². The highest BCUT2D eigenvalue weighted by Gasteiger charge is 2.16. The van der Waals surface area contributed by atoms with Gasteiger partial charge in [0.2, 0.25) is 5.13 Å². The van der Waals surface area contributed by atoms with Crippen molar-refractivity contribution in [2.24, 2.45) is 7.05 Å². The molecule has 3 rings (SSSR count). The summed E-state index contributed by atoms with van der Waals surface area (Å²) >= 11 is 2.86. The number of aryl methyl sites for hydroxylation is 1. The molecule has 0 saturated heterocycles. The molecule has 0 saturated carbocycles. The number of carbonyl (C=O) groups is 1. The van der Waals surface area contributed by atoms with Gasteiger partial charge in [0, 0.05) is 14.2 Å². The van der Waals surface area contributed by atoms with E-state index in [1.807, 2.05) is 17.5 Å². The van der Waals surface area contributed by atoms with E-state index in [-0.39, 0.29) is 5.91 Å². The first kappa shape index (κ1) is 14.8. The van der Waals surface area contributed by atoms with E-state index < -0.39 is 0 Å². The summed E-state index contributed by atoms with van der Waals surface area (Å²) in [6, 6.07) is 5.68. The molecular weight excluding hydrogens is 322 g/mol. The van der Waals surface area contributed by atoms with E-state index in [1.165, 1.54) is 11.3 Å². The van der Waals surface area contributed by atoms with Crippen LogP contribution in [0.3, 0.4) is 0 Å². The Labute approximate surface area is 134 Å². The largest absolute Gasteiger partial charge is 0.377 e. The van der Waals surface area contributed by atoms with Crippen LogP contribution in [0.15, 0.2) is 23.6 Å². The summed E-state index contributed by atoms with van der Waals surface area (Å²) in [6.07, 6.45) is 0. The molecule has 7 nitrogen and oxygen atoms in total. The molecule has 3 aromatic heterocycles. The van der Waals surface area contributed by atoms with Gasteiger partial charge in [0.05, 0.1) is 4.88 Å². The molecule has 0 aromatic carbocycles. The summed E-state index contributed by atoms with van der Waals surface area (Å²) in [5, 5.41) is 18.1. The van der Waals surface area contributed by atoms with Gasteiger partial charge in [-0.1, -0.05) is 17.4 Å². The number of anilines is 1. The lowest BCUT2D eigenvalue weighted by Gasteiger charge is -2.00. The Morgan fingerprint density at radius 3 is 3.05 bits per heavy atom. The molecule has 22 heavy (non-hydrogen) atoms. The second-order valence-corrected chi connectivity index (χ2v) is 6.41. The number of ether oxygens (including phenoxy) is 1. The minimum Gasteiger partial charge on any atom is -0.377 e. The van der Waals surface area contributed by atoms with E-state index in [0.717, 1.165) is 10.6 Å². The summed E-state index contributed by atoms with van der Waals surface area (Å²) in [5.41, 5.74) is 1.24. The maximum Gasteiger partial charge on any atom is 0.275 e. The lowest BCUT2D eigenvalue weighted by atomic mass is 10.3. The molecule has 0 unspecified atom stereocenters. The Bertz CT molecular complexity index is 778. The van der Waals surface area contributed by atoms with Crippen molar-refractivity contribution in [3.8, 4) is 10.6 Å². The SMILES string of the molecule is COCc1nnc(NC(=O)c2cc(-c3cccs3)nn2C)s1. The minimum atomic E-state index is -0.266. The zero-order valence-corrected chi connectivity index (χ0v) is 13.6. The highest BCUT2D eigenvalue weighted by molar-refractivity contribution is 7.15. The topological polar surface area (TPSA) is 81.9 Å². The van der Waals surface area contributed by atoms with E-state index in [2.05, 4.69) is 20.6 Å². The van der Waals surface area contributed by atoms with Crippen LogP contribution < -0.4 is 5.32 Å². The molecule has 9 heteroatoms. The zero-order chi connectivity index (χ0) is 15.5. The Morgan fingerprint density at radius 1 is 1.45 bits per heavy atom. The van der Waals surface area contributed by atoms with Crippen LogP contribution in [0.1, 0.15) is 15.5 Å². The molecule has 114 valence electrons. The van der Waals surface area contributed by atoms with Crippen LogP contribution in [-0.2, 0) is 18.4 Å². The van der Waals surface area contributed by atoms with Gasteiger partial charge in [0.25, 0.3) is 5.91 Å². The standard InChI is InChI=1S/C13H13N5O2S2/c1-18-9(6-8(17-18)10-4-3-5-21-10)12(19)14-13-16-15-11(22-13)7-20-2/h3-6H,7H2,1-2H3,(H,14,16,19). The van der Waals surface area contributed by atoms with Crippen LogP contribution in [0.2, 0.25) is 0 Å². The van der Waals surface area contributed by atoms with E-state index in [0.29, 0.717) is 22.4 Å². The molecule has 1 amide bonds. The number of carbonyl (C=O) groups excluding carboxylic acids is 1. The third kappa shape index (κ3) is 3.06. The number of methoxy groups -OCH3 is 1. The minimum absolute atomic E-state index is 0.266. The second kappa shape index (κ2) is 6.34. The Morgan fingerprint density at radius 2 is 2.32 bits per heavy atom. The van der Waals surface area contributed by atoms with Gasteiger partial charge < -0.3 is 4.74 Å². The maximum atomic E-state index is 12.3. The van der Waals surface area contributed by atoms with Crippen molar-refractivity contribution in [3.05, 3.63) is 34.3 Å². The molecule has 0 aliphatic heterocycles. The van der Waals surface area contributed by atoms with Gasteiger partial charge in [-0.2, -0.15) is 5.10 Å². The monoisotopic (exact) mass is 335 g/mol. The van der Waals surface area contributed by atoms with Crippen molar-refractivity contribution in [3.63, 3.8) is 0 Å². The first-order valence-electron chi connectivity index (χ1n) is 6.38. The predicted molar refractivity (Wildman–Crippen MR) is 85.1 cm³/mol. The molecule has 0 spiro atoms. The van der Waals surface area contributed by atoms with Crippen LogP contribution >= 0.6 is 22.7 Å². The van der Waals surface area contributed by atoms with Gasteiger partial charge in [0.15, 0.2) is 0 Å². The van der Waals surface area contributed by atoms with Crippen LogP contribution in [0.4, 0.5) is 5.13 Å². The fraction of sp³-hybridized carbons (Fsp3) is 0.231. The highest BCUT2D eigenvalue weighted by atomic mass is 32.1. The zero-order valence-electron chi connectivity index (χ0n) is 11.9. The molecule has 0 radical (unpaired) electrons. The Kier molecular flexibility index (Phi) is 4.27. The van der Waals surface area contributed by atoms with Crippen molar-refractivity contribution in [1.82, 2.24) is 20.0 Å². The average Bonchev–Trinajstić information content (AvgIpc) is 3.19. The van der Waals surface area contributed by atoms with Gasteiger partial charge in [-0.3, -0.25) is 14.8 Å². The fourth-order valence-corrected chi connectivity index (χ4v) is 3.26. The van der Waals surface area contributed by atoms with Crippen molar-refractivity contribution in [2.75, 3.05) is 12.4 Å². The maximum absolute atomic E-state index is 12.3. The molecule has 0 aliphatic rings. The summed E-state index contributed by atoms with van der Waals surface area (Å²) < 4.78 is 6.53. The number of thiophene rings is 1. The van der Waals surface area contributed by atoms with Gasteiger partial charge in [0.1, 0.15) is 23.0 Å². The van der Waals surface area contributed by atoms with Crippen LogP contribution in [0, 0.1) is 0 Å². The Balaban J connectivity index is 1.77. The fourth-order valence-electron chi connectivity index (χ4n) is 1.87. The van der Waals surface area contributed by atoms with Gasteiger partial charge in [-0.05, 0) is 17.5 Å². The van der Waals surface area contributed by atoms with Gasteiger partial charge in [-0.25, -0.2) is 0 Å². The third-order valence-electron chi connectivity index (χ3n) is 2.84. The lowest BCUT2D eigenvalue weighted by molar-refractivity contribution is 0.101. The quantitative estimate of drug-likeness (QED) is 0.774. The summed E-state index contributed by atoms with van der Waals surface area (Å²) in [7, 11) is 3.32. The van der Waals surface area contributed by atoms with Crippen molar-refractivity contribution < 1.29 is 9.53 Å². The molecule has 0 aliphatic carbocycles. The van der Waals surface area contributed by atoms with Crippen molar-refractivity contribution in [2.45, 2.75) is 6.61 Å². The smallest absolute Gasteiger partial charge is 0.275 e. The molecule has 1 N–H and O–H groups in total. The number of hydrogen-bond donors (Lipinski definition) is 1. The molecular formula is C13H13N5O2S2. The van der Waals surface area contributed by atoms with Gasteiger partial charge >= 0.3 is 0 Å². The van der Waals surface area contributed by atoms with E-state index in [1.54, 1.807) is 36.2 Å². The predicted octanol–water partition coefficient (Wildman–Crippen LogP) is 2.40. The van der Waals surface area contributed by atoms with E-state index in [4.69, 9.17) is 4.74 Å². The second-order valence-electron chi connectivity index (χ2n) is 4.40. The van der Waals surface area contributed by atoms with Crippen LogP contribution in [0.5, 0.6) is 0 Å². The third-order valence-corrected chi connectivity index (χ3v) is 4.55. The number of rotatable bonds is 5. The summed E-state index contributed by atoms with van der Waals surface area (Å²) in [5.74, 6) is -0.266. The average molecular weight is 335 g/mol. The molecule has 3 aromatic rings. The summed E-state index contributed by atoms with van der Waals surface area (Å²) in [4.78, 5) is 13.3. The molecule has 0 bridgehead atoms. The molecule has 0 atom stereocenters. The van der Waals surface area contributed by atoms with E-state index in [9.17, 15) is 4.79 Å². The first-order chi connectivity index (χ1) is 10.7. The van der Waals surface area contributed by atoms with Crippen molar-refractivity contribution >= 4 is 33.7 Å².